The van der Waals surface area contributed by atoms with Crippen LogP contribution in [0.1, 0.15) is 26.3 Å². The lowest BCUT2D eigenvalue weighted by Gasteiger charge is -2.33. The van der Waals surface area contributed by atoms with Crippen LogP contribution in [0.2, 0.25) is 0 Å². The summed E-state index contributed by atoms with van der Waals surface area (Å²) < 4.78 is 40.5. The molecule has 0 radical (unpaired) electrons. The molecule has 0 atom stereocenters. The number of sulfonamides is 1. The lowest BCUT2D eigenvalue weighted by molar-refractivity contribution is 0.269. The van der Waals surface area contributed by atoms with Gasteiger partial charge in [-0.3, -0.25) is 0 Å². The lowest BCUT2D eigenvalue weighted by atomic mass is 10.1. The number of hydrogen-bond donors (Lipinski definition) is 1. The Bertz CT molecular complexity index is 619. The van der Waals surface area contributed by atoms with E-state index in [4.69, 9.17) is 5.73 Å². The minimum Gasteiger partial charge on any atom is -0.398 e. The molecule has 1 aromatic rings. The van der Waals surface area contributed by atoms with Gasteiger partial charge in [0.2, 0.25) is 10.0 Å². The van der Waals surface area contributed by atoms with Crippen molar-refractivity contribution in [3.8, 4) is 0 Å². The Kier molecular flexibility index (Phi) is 4.61. The Morgan fingerprint density at radius 2 is 1.95 bits per heavy atom. The molecule has 0 heterocycles. The van der Waals surface area contributed by atoms with Crippen LogP contribution < -0.4 is 5.73 Å². The van der Waals surface area contributed by atoms with E-state index in [1.807, 2.05) is 0 Å². The van der Waals surface area contributed by atoms with E-state index in [1.54, 1.807) is 27.7 Å². The van der Waals surface area contributed by atoms with Crippen LogP contribution in [0.4, 0.5) is 10.1 Å². The molecule has 6 heteroatoms. The first kappa shape index (κ1) is 16.7. The normalized spacial score (nSPS) is 12.7. The molecule has 0 bridgehead atoms. The molecule has 0 amide bonds. The standard InChI is InChI=1S/C14H21FN2O2S/c1-6-7-17(14(3,4)5)20(18,19)13-9-12(16)10(2)8-11(13)15/h6,8-9H,1,7,16H2,2-5H3. The fraction of sp³-hybridized carbons (Fsp3) is 0.429. The van der Waals surface area contributed by atoms with Gasteiger partial charge < -0.3 is 5.73 Å². The fourth-order valence-corrected chi connectivity index (χ4v) is 3.68. The summed E-state index contributed by atoms with van der Waals surface area (Å²) in [6, 6.07) is 2.30. The zero-order valence-electron chi connectivity index (χ0n) is 12.3. The molecule has 0 saturated carbocycles. The molecule has 112 valence electrons. The summed E-state index contributed by atoms with van der Waals surface area (Å²) in [7, 11) is -3.98. The maximum absolute atomic E-state index is 14.0. The van der Waals surface area contributed by atoms with Crippen molar-refractivity contribution in [1.29, 1.82) is 0 Å². The van der Waals surface area contributed by atoms with Gasteiger partial charge in [0, 0.05) is 17.8 Å². The van der Waals surface area contributed by atoms with E-state index >= 15 is 0 Å². The van der Waals surface area contributed by atoms with Gasteiger partial charge in [-0.25, -0.2) is 12.8 Å². The molecule has 0 spiro atoms. The van der Waals surface area contributed by atoms with Crippen molar-refractivity contribution in [2.45, 2.75) is 38.1 Å². The largest absolute Gasteiger partial charge is 0.398 e. The second-order valence-electron chi connectivity index (χ2n) is 5.63. The number of hydrogen-bond acceptors (Lipinski definition) is 3. The smallest absolute Gasteiger partial charge is 0.246 e. The Labute approximate surface area is 120 Å². The first-order valence-electron chi connectivity index (χ1n) is 6.21. The highest BCUT2D eigenvalue weighted by molar-refractivity contribution is 7.89. The van der Waals surface area contributed by atoms with Gasteiger partial charge >= 0.3 is 0 Å². The molecule has 0 fully saturated rings. The Hall–Kier alpha value is -1.40. The first-order valence-corrected chi connectivity index (χ1v) is 7.65. The van der Waals surface area contributed by atoms with E-state index in [-0.39, 0.29) is 12.2 Å². The third-order valence-electron chi connectivity index (χ3n) is 2.93. The molecule has 0 aliphatic carbocycles. The Balaban J connectivity index is 3.49. The number of nitrogens with two attached hydrogens (primary N) is 1. The number of aryl methyl sites for hydroxylation is 1. The maximum Gasteiger partial charge on any atom is 0.246 e. The van der Waals surface area contributed by atoms with Gasteiger partial charge in [-0.15, -0.1) is 6.58 Å². The van der Waals surface area contributed by atoms with Crippen LogP contribution in [0.3, 0.4) is 0 Å². The number of rotatable bonds is 4. The van der Waals surface area contributed by atoms with Crippen molar-refractivity contribution < 1.29 is 12.8 Å². The summed E-state index contributed by atoms with van der Waals surface area (Å²) in [5.74, 6) is -0.796. The SMILES string of the molecule is C=CCN(C(C)(C)C)S(=O)(=O)c1cc(N)c(C)cc1F. The van der Waals surface area contributed by atoms with Gasteiger partial charge in [-0.1, -0.05) is 6.08 Å². The first-order chi connectivity index (χ1) is 9.01. The van der Waals surface area contributed by atoms with E-state index in [0.717, 1.165) is 6.07 Å². The summed E-state index contributed by atoms with van der Waals surface area (Å²) in [5, 5.41) is 0. The van der Waals surface area contributed by atoms with E-state index in [1.165, 1.54) is 16.4 Å². The molecule has 1 aromatic carbocycles. The monoisotopic (exact) mass is 300 g/mol. The fourth-order valence-electron chi connectivity index (χ4n) is 1.83. The predicted octanol–water partition coefficient (Wildman–Crippen LogP) is 2.69. The molecule has 2 N–H and O–H groups in total. The van der Waals surface area contributed by atoms with Crippen molar-refractivity contribution >= 4 is 15.7 Å². The highest BCUT2D eigenvalue weighted by Crippen LogP contribution is 2.28. The summed E-state index contributed by atoms with van der Waals surface area (Å²) in [6.07, 6.45) is 1.47. The highest BCUT2D eigenvalue weighted by atomic mass is 32.2. The quantitative estimate of drug-likeness (QED) is 0.687. The van der Waals surface area contributed by atoms with Gasteiger partial charge in [0.1, 0.15) is 10.7 Å². The van der Waals surface area contributed by atoms with Crippen molar-refractivity contribution in [2.75, 3.05) is 12.3 Å². The summed E-state index contributed by atoms with van der Waals surface area (Å²) in [6.45, 7) is 10.5. The summed E-state index contributed by atoms with van der Waals surface area (Å²) in [4.78, 5) is -0.405. The van der Waals surface area contributed by atoms with E-state index < -0.39 is 26.3 Å². The van der Waals surface area contributed by atoms with Crippen molar-refractivity contribution in [3.63, 3.8) is 0 Å². The number of anilines is 1. The minimum absolute atomic E-state index is 0.0963. The molecular formula is C14H21FN2O2S. The van der Waals surface area contributed by atoms with Gasteiger partial charge in [0.05, 0.1) is 0 Å². The molecule has 1 rings (SSSR count). The maximum atomic E-state index is 14.0. The van der Waals surface area contributed by atoms with Crippen molar-refractivity contribution in [2.24, 2.45) is 0 Å². The Morgan fingerprint density at radius 3 is 2.40 bits per heavy atom. The summed E-state index contributed by atoms with van der Waals surface area (Å²) in [5.41, 5.74) is 5.76. The second-order valence-corrected chi connectivity index (χ2v) is 7.47. The van der Waals surface area contributed by atoms with Gasteiger partial charge in [0.25, 0.3) is 0 Å². The topological polar surface area (TPSA) is 63.4 Å². The van der Waals surface area contributed by atoms with E-state index in [9.17, 15) is 12.8 Å². The predicted molar refractivity (Wildman–Crippen MR) is 79.4 cm³/mol. The van der Waals surface area contributed by atoms with E-state index in [0.29, 0.717) is 5.56 Å². The Morgan fingerprint density at radius 1 is 1.40 bits per heavy atom. The van der Waals surface area contributed by atoms with Crippen LogP contribution >= 0.6 is 0 Å². The average molecular weight is 300 g/mol. The van der Waals surface area contributed by atoms with Crippen LogP contribution in [-0.4, -0.2) is 24.8 Å². The molecule has 20 heavy (non-hydrogen) atoms. The van der Waals surface area contributed by atoms with E-state index in [2.05, 4.69) is 6.58 Å². The number of nitrogens with zero attached hydrogens (tertiary/aromatic N) is 1. The van der Waals surface area contributed by atoms with Crippen LogP contribution in [0.5, 0.6) is 0 Å². The molecular weight excluding hydrogens is 279 g/mol. The zero-order valence-corrected chi connectivity index (χ0v) is 13.1. The van der Waals surface area contributed by atoms with Crippen molar-refractivity contribution in [3.05, 3.63) is 36.2 Å². The molecule has 0 unspecified atom stereocenters. The van der Waals surface area contributed by atoms with Gasteiger partial charge in [-0.05, 0) is 45.4 Å². The van der Waals surface area contributed by atoms with Gasteiger partial charge in [-0.2, -0.15) is 4.31 Å². The summed E-state index contributed by atoms with van der Waals surface area (Å²) >= 11 is 0. The molecule has 0 saturated heterocycles. The third kappa shape index (κ3) is 3.19. The molecule has 0 aliphatic rings. The third-order valence-corrected chi connectivity index (χ3v) is 5.08. The van der Waals surface area contributed by atoms with Crippen LogP contribution in [0.25, 0.3) is 0 Å². The minimum atomic E-state index is -3.98. The lowest BCUT2D eigenvalue weighted by Crippen LogP contribution is -2.45. The molecule has 0 aliphatic heterocycles. The number of halogens is 1. The van der Waals surface area contributed by atoms with Crippen molar-refractivity contribution in [1.82, 2.24) is 4.31 Å². The van der Waals surface area contributed by atoms with Crippen LogP contribution in [0, 0.1) is 12.7 Å². The van der Waals surface area contributed by atoms with Gasteiger partial charge in [0.15, 0.2) is 0 Å². The molecule has 4 nitrogen and oxygen atoms in total. The highest BCUT2D eigenvalue weighted by Gasteiger charge is 2.35. The zero-order chi connectivity index (χ0) is 15.7. The van der Waals surface area contributed by atoms with Crippen LogP contribution in [0.15, 0.2) is 29.7 Å². The number of benzene rings is 1. The molecule has 0 aromatic heterocycles. The van der Waals surface area contributed by atoms with Crippen LogP contribution in [-0.2, 0) is 10.0 Å². The second kappa shape index (κ2) is 5.54. The number of nitrogen functional groups attached to an aromatic ring is 1. The average Bonchev–Trinajstić information content (AvgIpc) is 2.28.